The second-order valence-electron chi connectivity index (χ2n) is 10.3. The van der Waals surface area contributed by atoms with Gasteiger partial charge in [-0.05, 0) is 25.0 Å². The average Bonchev–Trinajstić information content (AvgIpc) is 3.29. The van der Waals surface area contributed by atoms with Crippen LogP contribution in [-0.4, -0.2) is 51.4 Å². The molecule has 1 aliphatic rings. The zero-order valence-corrected chi connectivity index (χ0v) is 23.1. The van der Waals surface area contributed by atoms with Crippen LogP contribution in [0.2, 0.25) is 0 Å². The Kier molecular flexibility index (Phi) is 11.0. The SMILES string of the molecule is C/C(=C\c1csc(CN)n1)C1C/C=C(/C(F)(F)F)C/C=C/[C@H](C)[C@H](O)[C@@H](C)C(=O)C(C)(C)[C@@H](O)CC(=O)O1. The normalized spacial score (nSPS) is 30.9. The average molecular weight is 559 g/mol. The number of nitrogens with zero attached hydrogens (tertiary/aromatic N) is 1. The van der Waals surface area contributed by atoms with E-state index in [0.717, 1.165) is 6.08 Å². The molecule has 0 amide bonds. The molecule has 7 nitrogen and oxygen atoms in total. The molecule has 212 valence electrons. The van der Waals surface area contributed by atoms with Gasteiger partial charge in [-0.3, -0.25) is 9.59 Å². The van der Waals surface area contributed by atoms with Crippen LogP contribution in [-0.2, 0) is 20.9 Å². The fraction of sp³-hybridized carbons (Fsp3) is 0.593. The number of hydrogen-bond donors (Lipinski definition) is 3. The number of cyclic esters (lactones) is 1. The summed E-state index contributed by atoms with van der Waals surface area (Å²) in [7, 11) is 0. The molecule has 2 rings (SSSR count). The number of allylic oxidation sites excluding steroid dienone is 2. The van der Waals surface area contributed by atoms with Crippen molar-refractivity contribution in [3.8, 4) is 0 Å². The van der Waals surface area contributed by atoms with Crippen molar-refractivity contribution in [2.75, 3.05) is 0 Å². The monoisotopic (exact) mass is 558 g/mol. The Morgan fingerprint density at radius 1 is 1.29 bits per heavy atom. The number of carbonyl (C=O) groups excluding carboxylic acids is 2. The summed E-state index contributed by atoms with van der Waals surface area (Å²) in [6, 6.07) is 0. The highest BCUT2D eigenvalue weighted by Gasteiger charge is 2.42. The maximum atomic E-state index is 13.8. The highest BCUT2D eigenvalue weighted by Crippen LogP contribution is 2.33. The van der Waals surface area contributed by atoms with Crippen molar-refractivity contribution in [2.45, 2.75) is 84.9 Å². The molecule has 1 unspecified atom stereocenters. The third kappa shape index (κ3) is 8.33. The van der Waals surface area contributed by atoms with Crippen LogP contribution in [0.15, 0.2) is 34.8 Å². The van der Waals surface area contributed by atoms with Gasteiger partial charge in [0.2, 0.25) is 0 Å². The van der Waals surface area contributed by atoms with E-state index >= 15 is 0 Å². The molecule has 0 aromatic carbocycles. The second kappa shape index (κ2) is 13.1. The molecule has 1 aromatic rings. The van der Waals surface area contributed by atoms with Crippen LogP contribution in [0, 0.1) is 17.3 Å². The first-order valence-electron chi connectivity index (χ1n) is 12.4. The van der Waals surface area contributed by atoms with Gasteiger partial charge < -0.3 is 20.7 Å². The molecule has 0 saturated carbocycles. The molecule has 0 saturated heterocycles. The molecule has 2 heterocycles. The van der Waals surface area contributed by atoms with Crippen LogP contribution in [0.3, 0.4) is 0 Å². The summed E-state index contributed by atoms with van der Waals surface area (Å²) in [5.74, 6) is -2.90. The van der Waals surface area contributed by atoms with Crippen LogP contribution in [0.5, 0.6) is 0 Å². The van der Waals surface area contributed by atoms with E-state index in [2.05, 4.69) is 4.98 Å². The van der Waals surface area contributed by atoms with Gasteiger partial charge in [0.05, 0.1) is 29.7 Å². The lowest BCUT2D eigenvalue weighted by Gasteiger charge is -2.34. The summed E-state index contributed by atoms with van der Waals surface area (Å²) in [6.07, 6.45) is -4.23. The first-order chi connectivity index (χ1) is 17.6. The minimum atomic E-state index is -4.63. The van der Waals surface area contributed by atoms with Gasteiger partial charge in [0.15, 0.2) is 0 Å². The van der Waals surface area contributed by atoms with Crippen LogP contribution in [0.4, 0.5) is 13.2 Å². The van der Waals surface area contributed by atoms with Crippen molar-refractivity contribution in [2.24, 2.45) is 23.0 Å². The molecular formula is C27H37F3N2O5S. The zero-order chi connectivity index (χ0) is 28.8. The molecule has 0 fully saturated rings. The van der Waals surface area contributed by atoms with Crippen molar-refractivity contribution in [1.29, 1.82) is 0 Å². The summed E-state index contributed by atoms with van der Waals surface area (Å²) < 4.78 is 46.9. The molecule has 0 spiro atoms. The number of nitrogens with two attached hydrogens (primary N) is 1. The first-order valence-corrected chi connectivity index (χ1v) is 13.3. The number of alkyl halides is 3. The minimum absolute atomic E-state index is 0.238. The third-order valence-corrected chi connectivity index (χ3v) is 7.80. The fourth-order valence-corrected chi connectivity index (χ4v) is 4.84. The summed E-state index contributed by atoms with van der Waals surface area (Å²) in [6.45, 7) is 7.92. The largest absolute Gasteiger partial charge is 0.457 e. The Balaban J connectivity index is 2.50. The number of halogens is 3. The number of ketones is 1. The van der Waals surface area contributed by atoms with Gasteiger partial charge >= 0.3 is 12.1 Å². The summed E-state index contributed by atoms with van der Waals surface area (Å²) in [5, 5.41) is 23.9. The van der Waals surface area contributed by atoms with Crippen molar-refractivity contribution in [1.82, 2.24) is 4.98 Å². The standard InChI is InChI=1S/C27H37F3N2O5S/c1-15-7-6-8-18(27(28,29)30)9-10-20(16(2)11-19-14-38-22(13-31)32-19)37-23(34)12-21(33)26(4,5)25(36)17(3)24(15)35/h6-7,9,11,14-15,17,20-21,24,33,35H,8,10,12-13,31H2,1-5H3/b7-6+,16-11+,18-9+/t15-,17+,20?,21-,24-/m0/s1. The predicted molar refractivity (Wildman–Crippen MR) is 140 cm³/mol. The van der Waals surface area contributed by atoms with E-state index in [1.165, 1.54) is 44.3 Å². The Morgan fingerprint density at radius 2 is 1.95 bits per heavy atom. The lowest BCUT2D eigenvalue weighted by molar-refractivity contribution is -0.154. The molecule has 0 bridgehead atoms. The molecule has 5 atom stereocenters. The van der Waals surface area contributed by atoms with E-state index in [1.807, 2.05) is 0 Å². The molecule has 0 radical (unpaired) electrons. The van der Waals surface area contributed by atoms with Gasteiger partial charge in [-0.25, -0.2) is 4.98 Å². The molecular weight excluding hydrogens is 521 g/mol. The topological polar surface area (TPSA) is 123 Å². The lowest BCUT2D eigenvalue weighted by atomic mass is 9.73. The van der Waals surface area contributed by atoms with Crippen molar-refractivity contribution < 1.29 is 37.7 Å². The Labute approximate surface area is 225 Å². The first kappa shape index (κ1) is 31.9. The van der Waals surface area contributed by atoms with Gasteiger partial charge in [-0.15, -0.1) is 11.3 Å². The van der Waals surface area contributed by atoms with Gasteiger partial charge in [-0.2, -0.15) is 13.2 Å². The van der Waals surface area contributed by atoms with Gasteiger partial charge in [0.1, 0.15) is 16.9 Å². The van der Waals surface area contributed by atoms with Crippen LogP contribution < -0.4 is 5.73 Å². The number of aliphatic hydroxyl groups excluding tert-OH is 2. The van der Waals surface area contributed by atoms with Crippen LogP contribution >= 0.6 is 11.3 Å². The van der Waals surface area contributed by atoms with E-state index in [4.69, 9.17) is 10.5 Å². The van der Waals surface area contributed by atoms with Gasteiger partial charge in [-0.1, -0.05) is 45.9 Å². The molecule has 11 heteroatoms. The van der Waals surface area contributed by atoms with E-state index in [1.54, 1.807) is 25.3 Å². The third-order valence-electron chi connectivity index (χ3n) is 6.91. The second-order valence-corrected chi connectivity index (χ2v) is 11.2. The van der Waals surface area contributed by atoms with E-state index < -0.39 is 71.9 Å². The zero-order valence-electron chi connectivity index (χ0n) is 22.3. The number of carbonyl (C=O) groups is 2. The summed E-state index contributed by atoms with van der Waals surface area (Å²) >= 11 is 1.33. The highest BCUT2D eigenvalue weighted by atomic mass is 32.1. The van der Waals surface area contributed by atoms with Crippen LogP contribution in [0.1, 0.15) is 64.6 Å². The number of hydrogen-bond acceptors (Lipinski definition) is 8. The lowest BCUT2D eigenvalue weighted by Crippen LogP contribution is -2.45. The van der Waals surface area contributed by atoms with Gasteiger partial charge in [0.25, 0.3) is 0 Å². The fourth-order valence-electron chi connectivity index (χ4n) is 4.21. The number of rotatable bonds is 3. The van der Waals surface area contributed by atoms with E-state index in [0.29, 0.717) is 16.3 Å². The molecule has 0 aliphatic carbocycles. The maximum Gasteiger partial charge on any atom is 0.412 e. The number of esters is 1. The molecule has 1 aliphatic heterocycles. The Hall–Kier alpha value is -2.34. The van der Waals surface area contributed by atoms with Crippen LogP contribution in [0.25, 0.3) is 6.08 Å². The van der Waals surface area contributed by atoms with Crippen molar-refractivity contribution in [3.05, 3.63) is 45.5 Å². The summed E-state index contributed by atoms with van der Waals surface area (Å²) in [4.78, 5) is 30.3. The van der Waals surface area contributed by atoms with E-state index in [9.17, 15) is 33.0 Å². The highest BCUT2D eigenvalue weighted by molar-refractivity contribution is 7.09. The number of aromatic nitrogens is 1. The number of ether oxygens (including phenoxy) is 1. The predicted octanol–water partition coefficient (Wildman–Crippen LogP) is 4.74. The van der Waals surface area contributed by atoms with Crippen molar-refractivity contribution >= 4 is 29.2 Å². The summed E-state index contributed by atoms with van der Waals surface area (Å²) in [5.41, 5.74) is 4.37. The van der Waals surface area contributed by atoms with Gasteiger partial charge in [0, 0.05) is 35.8 Å². The number of thiazole rings is 1. The maximum absolute atomic E-state index is 13.8. The molecule has 4 N–H and O–H groups in total. The quantitative estimate of drug-likeness (QED) is 0.362. The Bertz CT molecular complexity index is 1080. The number of aliphatic hydroxyl groups is 2. The number of Topliss-reactive ketones (excluding diaryl/α,β-unsaturated/α-hetero) is 1. The molecule has 1 aromatic heterocycles. The van der Waals surface area contributed by atoms with Crippen molar-refractivity contribution in [3.63, 3.8) is 0 Å². The van der Waals surface area contributed by atoms with E-state index in [-0.39, 0.29) is 13.0 Å². The smallest absolute Gasteiger partial charge is 0.412 e. The minimum Gasteiger partial charge on any atom is -0.457 e. The molecule has 38 heavy (non-hydrogen) atoms. The Morgan fingerprint density at radius 3 is 2.53 bits per heavy atom.